The number of hydrogen-bond acceptors (Lipinski definition) is 3. The van der Waals surface area contributed by atoms with Gasteiger partial charge < -0.3 is 0 Å². The van der Waals surface area contributed by atoms with Crippen LogP contribution in [-0.4, -0.2) is 20.5 Å². The molecular weight excluding hydrogens is 339 g/mol. The van der Waals surface area contributed by atoms with E-state index in [1.807, 2.05) is 0 Å². The Morgan fingerprint density at radius 3 is 1.56 bits per heavy atom. The largest absolute Gasteiger partial charge is 0.299 e. The molecule has 152 valence electrons. The molecule has 0 aromatic heterocycles. The highest BCUT2D eigenvalue weighted by Gasteiger charge is 2.25. The third-order valence-electron chi connectivity index (χ3n) is 4.59. The van der Waals surface area contributed by atoms with Crippen molar-refractivity contribution in [3.63, 3.8) is 0 Å². The molecule has 1 atom stereocenters. The van der Waals surface area contributed by atoms with Gasteiger partial charge in [0.2, 0.25) is 5.50 Å². The van der Waals surface area contributed by atoms with E-state index in [1.165, 1.54) is 51.4 Å². The van der Waals surface area contributed by atoms with Crippen molar-refractivity contribution < 1.29 is 17.0 Å². The van der Waals surface area contributed by atoms with Crippen molar-refractivity contribution in [1.82, 2.24) is 0 Å². The summed E-state index contributed by atoms with van der Waals surface area (Å²) in [6.07, 6.45) is 16.8. The minimum atomic E-state index is -4.03. The minimum absolute atomic E-state index is 0.0561. The van der Waals surface area contributed by atoms with Crippen LogP contribution in [0.2, 0.25) is 0 Å². The number of unbranched alkanes of at least 4 members (excludes halogenated alkanes) is 13. The van der Waals surface area contributed by atoms with Crippen LogP contribution in [0.1, 0.15) is 117 Å². The van der Waals surface area contributed by atoms with Crippen LogP contribution in [0.5, 0.6) is 0 Å². The summed E-state index contributed by atoms with van der Waals surface area (Å²) >= 11 is 0. The molecule has 0 saturated heterocycles. The monoisotopic (exact) mass is 380 g/mol. The molecule has 0 saturated carbocycles. The fourth-order valence-corrected chi connectivity index (χ4v) is 3.84. The van der Waals surface area contributed by atoms with E-state index >= 15 is 0 Å². The van der Waals surface area contributed by atoms with Crippen LogP contribution in [0.15, 0.2) is 0 Å². The second-order valence-electron chi connectivity index (χ2n) is 7.11. The van der Waals surface area contributed by atoms with Crippen molar-refractivity contribution >= 4 is 10.1 Å². The maximum Gasteiger partial charge on any atom is 0.299 e. The van der Waals surface area contributed by atoms with Gasteiger partial charge >= 0.3 is 0 Å². The standard InChI is InChI=1S/C20H41FO3S/c1-3-5-7-9-10-11-12-13-14-15-17-19-24-25(22,23)20(21)18-16-8-6-4-2/h20H,3-19H2,1-2H3. The Morgan fingerprint density at radius 2 is 1.08 bits per heavy atom. The van der Waals surface area contributed by atoms with Gasteiger partial charge in [-0.15, -0.1) is 0 Å². The number of halogens is 1. The zero-order chi connectivity index (χ0) is 18.8. The molecule has 0 N–H and O–H groups in total. The second-order valence-corrected chi connectivity index (χ2v) is 8.84. The lowest BCUT2D eigenvalue weighted by Crippen LogP contribution is -2.19. The molecule has 0 fully saturated rings. The Balaban J connectivity index is 3.47. The van der Waals surface area contributed by atoms with Crippen molar-refractivity contribution in [3.05, 3.63) is 0 Å². The molecule has 0 aliphatic heterocycles. The predicted molar refractivity (Wildman–Crippen MR) is 105 cm³/mol. The summed E-state index contributed by atoms with van der Waals surface area (Å²) in [4.78, 5) is 0. The average molecular weight is 381 g/mol. The normalized spacial score (nSPS) is 13.2. The van der Waals surface area contributed by atoms with Gasteiger partial charge in [-0.1, -0.05) is 97.3 Å². The van der Waals surface area contributed by atoms with Crippen LogP contribution < -0.4 is 0 Å². The summed E-state index contributed by atoms with van der Waals surface area (Å²) in [5.41, 5.74) is -1.86. The molecular formula is C20H41FO3S. The van der Waals surface area contributed by atoms with Gasteiger partial charge in [-0.3, -0.25) is 4.18 Å². The van der Waals surface area contributed by atoms with Gasteiger partial charge in [0.1, 0.15) is 0 Å². The van der Waals surface area contributed by atoms with Crippen molar-refractivity contribution in [2.24, 2.45) is 0 Å². The van der Waals surface area contributed by atoms with Crippen molar-refractivity contribution in [3.8, 4) is 0 Å². The van der Waals surface area contributed by atoms with Gasteiger partial charge in [0.05, 0.1) is 6.61 Å². The van der Waals surface area contributed by atoms with Gasteiger partial charge in [-0.25, -0.2) is 4.39 Å². The minimum Gasteiger partial charge on any atom is -0.268 e. The Kier molecular flexibility index (Phi) is 17.2. The van der Waals surface area contributed by atoms with Gasteiger partial charge in [-0.05, 0) is 19.3 Å². The van der Waals surface area contributed by atoms with Crippen LogP contribution in [0.4, 0.5) is 4.39 Å². The Hall–Kier alpha value is -0.160. The summed E-state index contributed by atoms with van der Waals surface area (Å²) in [7, 11) is -4.03. The van der Waals surface area contributed by atoms with E-state index in [2.05, 4.69) is 13.8 Å². The van der Waals surface area contributed by atoms with E-state index in [1.54, 1.807) is 0 Å². The van der Waals surface area contributed by atoms with E-state index in [-0.39, 0.29) is 13.0 Å². The van der Waals surface area contributed by atoms with E-state index in [9.17, 15) is 12.8 Å². The van der Waals surface area contributed by atoms with Gasteiger partial charge in [0.25, 0.3) is 10.1 Å². The number of rotatable bonds is 19. The quantitative estimate of drug-likeness (QED) is 0.181. The molecule has 0 spiro atoms. The number of alkyl halides is 1. The average Bonchev–Trinajstić information content (AvgIpc) is 2.59. The summed E-state index contributed by atoms with van der Waals surface area (Å²) in [5, 5.41) is 0. The molecule has 1 unspecified atom stereocenters. The molecule has 0 rings (SSSR count). The SMILES string of the molecule is CCCCCCCCCCCCCOS(=O)(=O)C(F)CCCCCC. The molecule has 0 aromatic carbocycles. The van der Waals surface area contributed by atoms with E-state index < -0.39 is 15.6 Å². The lowest BCUT2D eigenvalue weighted by Gasteiger charge is -2.10. The highest BCUT2D eigenvalue weighted by atomic mass is 32.2. The molecule has 0 bridgehead atoms. The molecule has 0 amide bonds. The Morgan fingerprint density at radius 1 is 0.680 bits per heavy atom. The molecule has 0 aliphatic rings. The molecule has 5 heteroatoms. The summed E-state index contributed by atoms with van der Waals surface area (Å²) < 4.78 is 41.9. The smallest absolute Gasteiger partial charge is 0.268 e. The first-order chi connectivity index (χ1) is 12.0. The van der Waals surface area contributed by atoms with Crippen LogP contribution >= 0.6 is 0 Å². The molecule has 0 aromatic rings. The Labute approximate surface area is 156 Å². The maximum atomic E-state index is 13.7. The van der Waals surface area contributed by atoms with Crippen LogP contribution in [0, 0.1) is 0 Å². The third-order valence-corrected chi connectivity index (χ3v) is 5.95. The summed E-state index contributed by atoms with van der Waals surface area (Å²) in [5.74, 6) is 0. The molecule has 25 heavy (non-hydrogen) atoms. The maximum absolute atomic E-state index is 13.7. The van der Waals surface area contributed by atoms with Crippen LogP contribution in [0.3, 0.4) is 0 Å². The fraction of sp³-hybridized carbons (Fsp3) is 1.00. The Bertz CT molecular complexity index is 371. The topological polar surface area (TPSA) is 43.4 Å². The molecule has 0 radical (unpaired) electrons. The first kappa shape index (κ1) is 24.8. The number of hydrogen-bond donors (Lipinski definition) is 0. The first-order valence-corrected chi connectivity index (χ1v) is 12.0. The van der Waals surface area contributed by atoms with Crippen LogP contribution in [-0.2, 0) is 14.3 Å². The van der Waals surface area contributed by atoms with Crippen molar-refractivity contribution in [2.45, 2.75) is 122 Å². The zero-order valence-electron chi connectivity index (χ0n) is 16.6. The van der Waals surface area contributed by atoms with Crippen LogP contribution in [0.25, 0.3) is 0 Å². The summed E-state index contributed by atoms with van der Waals surface area (Å²) in [6.45, 7) is 4.42. The molecule has 0 heterocycles. The van der Waals surface area contributed by atoms with E-state index in [0.29, 0.717) is 12.8 Å². The lowest BCUT2D eigenvalue weighted by molar-refractivity contribution is 0.271. The van der Waals surface area contributed by atoms with Gasteiger partial charge in [0, 0.05) is 0 Å². The zero-order valence-corrected chi connectivity index (χ0v) is 17.4. The van der Waals surface area contributed by atoms with Gasteiger partial charge in [0.15, 0.2) is 0 Å². The fourth-order valence-electron chi connectivity index (χ4n) is 2.89. The highest BCUT2D eigenvalue weighted by molar-refractivity contribution is 7.87. The molecule has 0 aliphatic carbocycles. The van der Waals surface area contributed by atoms with Crippen molar-refractivity contribution in [1.29, 1.82) is 0 Å². The van der Waals surface area contributed by atoms with E-state index in [0.717, 1.165) is 32.1 Å². The van der Waals surface area contributed by atoms with E-state index in [4.69, 9.17) is 4.18 Å². The predicted octanol–water partition coefficient (Wildman–Crippen LogP) is 6.91. The summed E-state index contributed by atoms with van der Waals surface area (Å²) in [6, 6.07) is 0. The third kappa shape index (κ3) is 15.8. The van der Waals surface area contributed by atoms with Crippen molar-refractivity contribution in [2.75, 3.05) is 6.61 Å². The highest BCUT2D eigenvalue weighted by Crippen LogP contribution is 2.16. The lowest BCUT2D eigenvalue weighted by atomic mass is 10.1. The first-order valence-electron chi connectivity index (χ1n) is 10.6. The second kappa shape index (κ2) is 17.3. The molecule has 3 nitrogen and oxygen atoms in total. The van der Waals surface area contributed by atoms with Gasteiger partial charge in [-0.2, -0.15) is 8.42 Å².